The predicted octanol–water partition coefficient (Wildman–Crippen LogP) is 4.18. The van der Waals surface area contributed by atoms with E-state index >= 15 is 0 Å². The van der Waals surface area contributed by atoms with Crippen molar-refractivity contribution in [3.05, 3.63) is 41.2 Å². The third-order valence-corrected chi connectivity index (χ3v) is 3.55. The second-order valence-electron chi connectivity index (χ2n) is 3.48. The van der Waals surface area contributed by atoms with Gasteiger partial charge in [0.05, 0.1) is 11.6 Å². The van der Waals surface area contributed by atoms with Gasteiger partial charge in [-0.25, -0.2) is 9.37 Å². The molecule has 1 aromatic heterocycles. The highest BCUT2D eigenvalue weighted by Gasteiger charge is 2.11. The quantitative estimate of drug-likeness (QED) is 0.775. The number of thiazole rings is 1. The summed E-state index contributed by atoms with van der Waals surface area (Å²) in [6, 6.07) is 6.41. The summed E-state index contributed by atoms with van der Waals surface area (Å²) in [6.45, 7) is 2.81. The molecule has 0 atom stereocenters. The molecule has 0 amide bonds. The molecule has 0 saturated carbocycles. The molecule has 0 aliphatic heterocycles. The summed E-state index contributed by atoms with van der Waals surface area (Å²) in [5, 5.41) is 2.82. The average molecular weight is 271 g/mol. The Morgan fingerprint density at radius 3 is 2.59 bits per heavy atom. The Kier molecular flexibility index (Phi) is 3.97. The zero-order chi connectivity index (χ0) is 12.3. The summed E-state index contributed by atoms with van der Waals surface area (Å²) in [4.78, 5) is 6.45. The van der Waals surface area contributed by atoms with Gasteiger partial charge in [0.25, 0.3) is 0 Å². The summed E-state index contributed by atoms with van der Waals surface area (Å²) in [5.74, 6) is 0.183. The number of benzene rings is 1. The van der Waals surface area contributed by atoms with Gasteiger partial charge >= 0.3 is 0 Å². The summed E-state index contributed by atoms with van der Waals surface area (Å²) < 4.78 is 12.9. The van der Waals surface area contributed by atoms with E-state index in [-0.39, 0.29) is 5.82 Å². The van der Waals surface area contributed by atoms with Gasteiger partial charge in [0, 0.05) is 17.6 Å². The van der Waals surface area contributed by atoms with Crippen LogP contribution in [0.25, 0.3) is 0 Å². The summed E-state index contributed by atoms with van der Waals surface area (Å²) in [6.07, 6.45) is 0. The molecular weight excluding hydrogens is 259 g/mol. The molecule has 5 heteroatoms. The van der Waals surface area contributed by atoms with Crippen LogP contribution in [0.3, 0.4) is 0 Å². The molecule has 0 N–H and O–H groups in total. The van der Waals surface area contributed by atoms with Crippen LogP contribution in [0, 0.1) is 5.82 Å². The van der Waals surface area contributed by atoms with Gasteiger partial charge in [0.1, 0.15) is 5.82 Å². The van der Waals surface area contributed by atoms with Gasteiger partial charge in [-0.1, -0.05) is 0 Å². The van der Waals surface area contributed by atoms with E-state index in [1.807, 2.05) is 17.2 Å². The van der Waals surface area contributed by atoms with Crippen molar-refractivity contribution in [1.82, 2.24) is 4.98 Å². The highest BCUT2D eigenvalue weighted by atomic mass is 35.5. The van der Waals surface area contributed by atoms with Crippen LogP contribution in [0.15, 0.2) is 29.6 Å². The smallest absolute Gasteiger partial charge is 0.190 e. The lowest BCUT2D eigenvalue weighted by atomic mass is 10.3. The van der Waals surface area contributed by atoms with Crippen LogP contribution in [0.4, 0.5) is 15.2 Å². The molecule has 2 rings (SSSR count). The lowest BCUT2D eigenvalue weighted by Crippen LogP contribution is -2.15. The Bertz CT molecular complexity index is 484. The molecule has 0 spiro atoms. The van der Waals surface area contributed by atoms with Gasteiger partial charge < -0.3 is 4.90 Å². The van der Waals surface area contributed by atoms with E-state index in [0.717, 1.165) is 23.1 Å². The summed E-state index contributed by atoms with van der Waals surface area (Å²) in [5.41, 5.74) is 1.80. The van der Waals surface area contributed by atoms with Crippen molar-refractivity contribution < 1.29 is 4.39 Å². The Morgan fingerprint density at radius 1 is 1.35 bits per heavy atom. The van der Waals surface area contributed by atoms with E-state index in [1.54, 1.807) is 23.5 Å². The largest absolute Gasteiger partial charge is 0.318 e. The van der Waals surface area contributed by atoms with Crippen LogP contribution in [0.2, 0.25) is 0 Å². The van der Waals surface area contributed by atoms with Gasteiger partial charge in [0.15, 0.2) is 5.13 Å². The first kappa shape index (κ1) is 12.3. The first-order valence-corrected chi connectivity index (χ1v) is 6.69. The van der Waals surface area contributed by atoms with Crippen LogP contribution in [-0.4, -0.2) is 11.5 Å². The van der Waals surface area contributed by atoms with Gasteiger partial charge in [0.2, 0.25) is 0 Å². The molecule has 17 heavy (non-hydrogen) atoms. The Morgan fingerprint density at radius 2 is 2.06 bits per heavy atom. The van der Waals surface area contributed by atoms with Crippen molar-refractivity contribution in [2.75, 3.05) is 11.4 Å². The van der Waals surface area contributed by atoms with Crippen LogP contribution < -0.4 is 4.90 Å². The molecule has 1 heterocycles. The zero-order valence-corrected chi connectivity index (χ0v) is 10.9. The van der Waals surface area contributed by atoms with Crippen molar-refractivity contribution in [1.29, 1.82) is 0 Å². The number of hydrogen-bond acceptors (Lipinski definition) is 3. The van der Waals surface area contributed by atoms with Crippen LogP contribution in [-0.2, 0) is 5.88 Å². The lowest BCUT2D eigenvalue weighted by molar-refractivity contribution is 0.628. The molecule has 0 aliphatic carbocycles. The SMILES string of the molecule is CCN(c1ccc(F)cc1)c1nc(CCl)cs1. The Balaban J connectivity index is 2.29. The molecule has 1 aromatic carbocycles. The Labute approximate surface area is 109 Å². The Hall–Kier alpha value is -1.13. The fourth-order valence-electron chi connectivity index (χ4n) is 1.53. The minimum absolute atomic E-state index is 0.231. The zero-order valence-electron chi connectivity index (χ0n) is 9.36. The first-order chi connectivity index (χ1) is 8.24. The lowest BCUT2D eigenvalue weighted by Gasteiger charge is -2.19. The number of aromatic nitrogens is 1. The second-order valence-corrected chi connectivity index (χ2v) is 4.58. The molecule has 2 aromatic rings. The maximum Gasteiger partial charge on any atom is 0.190 e. The van der Waals surface area contributed by atoms with E-state index in [0.29, 0.717) is 5.88 Å². The van der Waals surface area contributed by atoms with Gasteiger partial charge in [-0.15, -0.1) is 22.9 Å². The monoisotopic (exact) mass is 270 g/mol. The summed E-state index contributed by atoms with van der Waals surface area (Å²) in [7, 11) is 0. The molecule has 0 radical (unpaired) electrons. The molecule has 2 nitrogen and oxygen atoms in total. The van der Waals surface area contributed by atoms with Crippen LogP contribution in [0.5, 0.6) is 0 Å². The van der Waals surface area contributed by atoms with E-state index in [2.05, 4.69) is 4.98 Å². The van der Waals surface area contributed by atoms with Crippen molar-refractivity contribution in [3.63, 3.8) is 0 Å². The molecular formula is C12H12ClFN2S. The number of anilines is 2. The van der Waals surface area contributed by atoms with Crippen molar-refractivity contribution >= 4 is 33.8 Å². The maximum atomic E-state index is 12.9. The number of alkyl halides is 1. The summed E-state index contributed by atoms with van der Waals surface area (Å²) >= 11 is 7.27. The minimum Gasteiger partial charge on any atom is -0.318 e. The van der Waals surface area contributed by atoms with E-state index in [4.69, 9.17) is 11.6 Å². The van der Waals surface area contributed by atoms with Crippen LogP contribution in [0.1, 0.15) is 12.6 Å². The van der Waals surface area contributed by atoms with Crippen molar-refractivity contribution in [2.24, 2.45) is 0 Å². The molecule has 0 saturated heterocycles. The van der Waals surface area contributed by atoms with E-state index < -0.39 is 0 Å². The van der Waals surface area contributed by atoms with Gasteiger partial charge in [-0.3, -0.25) is 0 Å². The standard InChI is InChI=1S/C12H12ClFN2S/c1-2-16(11-5-3-9(14)4-6-11)12-15-10(7-13)8-17-12/h3-6,8H,2,7H2,1H3. The normalized spacial score (nSPS) is 10.5. The van der Waals surface area contributed by atoms with E-state index in [9.17, 15) is 4.39 Å². The predicted molar refractivity (Wildman–Crippen MR) is 70.8 cm³/mol. The van der Waals surface area contributed by atoms with Crippen molar-refractivity contribution in [3.8, 4) is 0 Å². The molecule has 0 fully saturated rings. The highest BCUT2D eigenvalue weighted by Crippen LogP contribution is 2.28. The topological polar surface area (TPSA) is 16.1 Å². The third kappa shape index (κ3) is 2.76. The number of rotatable bonds is 4. The third-order valence-electron chi connectivity index (χ3n) is 2.36. The van der Waals surface area contributed by atoms with Crippen molar-refractivity contribution in [2.45, 2.75) is 12.8 Å². The number of hydrogen-bond donors (Lipinski definition) is 0. The fraction of sp³-hybridized carbons (Fsp3) is 0.250. The number of nitrogens with zero attached hydrogens (tertiary/aromatic N) is 2. The van der Waals surface area contributed by atoms with Gasteiger partial charge in [-0.05, 0) is 31.2 Å². The molecule has 0 unspecified atom stereocenters. The fourth-order valence-corrected chi connectivity index (χ4v) is 2.67. The molecule has 0 bridgehead atoms. The average Bonchev–Trinajstić information content (AvgIpc) is 2.81. The second kappa shape index (κ2) is 5.47. The van der Waals surface area contributed by atoms with Crippen LogP contribution >= 0.6 is 22.9 Å². The first-order valence-electron chi connectivity index (χ1n) is 5.28. The van der Waals surface area contributed by atoms with Gasteiger partial charge in [-0.2, -0.15) is 0 Å². The number of halogens is 2. The van der Waals surface area contributed by atoms with E-state index in [1.165, 1.54) is 12.1 Å². The highest BCUT2D eigenvalue weighted by molar-refractivity contribution is 7.13. The molecule has 90 valence electrons. The molecule has 0 aliphatic rings. The minimum atomic E-state index is -0.231. The maximum absolute atomic E-state index is 12.9.